The third-order valence-corrected chi connectivity index (χ3v) is 5.78. The number of carbonyl (C=O) groups is 2. The zero-order valence-corrected chi connectivity index (χ0v) is 17.4. The first kappa shape index (κ1) is 22.1. The maximum atomic E-state index is 12.9. The molecule has 2 atom stereocenters. The maximum Gasteiger partial charge on any atom is 0.242 e. The summed E-state index contributed by atoms with van der Waals surface area (Å²) in [7, 11) is 1.91. The number of nitrogen functional groups attached to an aromatic ring is 1. The monoisotopic (exact) mass is 389 g/mol. The van der Waals surface area contributed by atoms with Gasteiger partial charge in [0.2, 0.25) is 11.8 Å². The molecule has 7 heteroatoms. The lowest BCUT2D eigenvalue weighted by molar-refractivity contribution is -0.131. The van der Waals surface area contributed by atoms with Gasteiger partial charge in [-0.15, -0.1) is 0 Å². The number of pyridine rings is 1. The van der Waals surface area contributed by atoms with Crippen LogP contribution in [0, 0.1) is 5.92 Å². The number of nitrogens with zero attached hydrogens (tertiary/aromatic N) is 2. The fourth-order valence-electron chi connectivity index (χ4n) is 3.61. The van der Waals surface area contributed by atoms with Crippen molar-refractivity contribution >= 4 is 17.6 Å². The Kier molecular flexibility index (Phi) is 8.70. The second kappa shape index (κ2) is 11.0. The standard InChI is InChI=1S/C21H35N5O2/c1-4-26(3)15(2)20(27)25-18(12-16-8-6-5-7-9-16)21(28)24-14-17-10-11-19(22)23-13-17/h10-11,13,15-16,18H,4-9,12,14H2,1-3H3,(H2,22,23)(H,24,28)(H,25,27)/t15?,18-/m0/s1. The molecule has 1 fully saturated rings. The summed E-state index contributed by atoms with van der Waals surface area (Å²) in [6.45, 7) is 5.02. The van der Waals surface area contributed by atoms with Crippen LogP contribution in [0.25, 0.3) is 0 Å². The summed E-state index contributed by atoms with van der Waals surface area (Å²) in [5, 5.41) is 5.94. The number of amides is 2. The van der Waals surface area contributed by atoms with Crippen molar-refractivity contribution in [1.82, 2.24) is 20.5 Å². The number of likely N-dealkylation sites (N-methyl/N-ethyl adjacent to an activating group) is 1. The lowest BCUT2D eigenvalue weighted by Gasteiger charge is -2.29. The average molecular weight is 390 g/mol. The predicted octanol–water partition coefficient (Wildman–Crippen LogP) is 2.08. The van der Waals surface area contributed by atoms with Gasteiger partial charge < -0.3 is 16.4 Å². The van der Waals surface area contributed by atoms with Crippen LogP contribution in [0.15, 0.2) is 18.3 Å². The van der Waals surface area contributed by atoms with Crippen molar-refractivity contribution in [2.45, 2.75) is 71.0 Å². The van der Waals surface area contributed by atoms with Gasteiger partial charge in [0, 0.05) is 12.7 Å². The summed E-state index contributed by atoms with van der Waals surface area (Å²) in [5.74, 6) is 0.699. The molecule has 1 aromatic heterocycles. The van der Waals surface area contributed by atoms with E-state index in [1.807, 2.05) is 31.9 Å². The molecule has 2 amide bonds. The van der Waals surface area contributed by atoms with E-state index >= 15 is 0 Å². The Hall–Kier alpha value is -2.15. The number of rotatable bonds is 9. The first-order valence-electron chi connectivity index (χ1n) is 10.4. The summed E-state index contributed by atoms with van der Waals surface area (Å²) in [4.78, 5) is 31.5. The highest BCUT2D eigenvalue weighted by Crippen LogP contribution is 2.27. The summed E-state index contributed by atoms with van der Waals surface area (Å²) in [5.41, 5.74) is 6.48. The number of nitrogens with one attached hydrogen (secondary N) is 2. The van der Waals surface area contributed by atoms with Crippen molar-refractivity contribution in [3.63, 3.8) is 0 Å². The Labute approximate surface area is 168 Å². The van der Waals surface area contributed by atoms with E-state index in [2.05, 4.69) is 15.6 Å². The Morgan fingerprint density at radius 2 is 1.96 bits per heavy atom. The van der Waals surface area contributed by atoms with Gasteiger partial charge in [-0.25, -0.2) is 4.98 Å². The Morgan fingerprint density at radius 3 is 2.57 bits per heavy atom. The van der Waals surface area contributed by atoms with Gasteiger partial charge in [0.1, 0.15) is 11.9 Å². The number of hydrogen-bond donors (Lipinski definition) is 3. The van der Waals surface area contributed by atoms with E-state index in [-0.39, 0.29) is 17.9 Å². The second-order valence-electron chi connectivity index (χ2n) is 7.86. The molecule has 0 aromatic carbocycles. The van der Waals surface area contributed by atoms with Crippen LogP contribution in [0.2, 0.25) is 0 Å². The van der Waals surface area contributed by atoms with Crippen LogP contribution >= 0.6 is 0 Å². The highest BCUT2D eigenvalue weighted by molar-refractivity contribution is 5.89. The van der Waals surface area contributed by atoms with E-state index < -0.39 is 6.04 Å². The first-order chi connectivity index (χ1) is 13.4. The molecule has 1 heterocycles. The second-order valence-corrected chi connectivity index (χ2v) is 7.86. The van der Waals surface area contributed by atoms with Crippen LogP contribution in [0.4, 0.5) is 5.82 Å². The molecule has 0 spiro atoms. The van der Waals surface area contributed by atoms with E-state index in [1.165, 1.54) is 19.3 Å². The van der Waals surface area contributed by atoms with Gasteiger partial charge in [0.25, 0.3) is 0 Å². The maximum absolute atomic E-state index is 12.9. The largest absolute Gasteiger partial charge is 0.384 e. The third-order valence-electron chi connectivity index (χ3n) is 5.78. The van der Waals surface area contributed by atoms with Crippen LogP contribution < -0.4 is 16.4 Å². The van der Waals surface area contributed by atoms with Gasteiger partial charge in [-0.2, -0.15) is 0 Å². The number of hydrogen-bond acceptors (Lipinski definition) is 5. The highest BCUT2D eigenvalue weighted by Gasteiger charge is 2.28. The number of carbonyl (C=O) groups excluding carboxylic acids is 2. The summed E-state index contributed by atoms with van der Waals surface area (Å²) >= 11 is 0. The molecule has 4 N–H and O–H groups in total. The molecule has 1 saturated carbocycles. The van der Waals surface area contributed by atoms with E-state index in [0.717, 1.165) is 24.9 Å². The summed E-state index contributed by atoms with van der Waals surface area (Å²) in [6.07, 6.45) is 8.29. The van der Waals surface area contributed by atoms with Crippen molar-refractivity contribution in [1.29, 1.82) is 0 Å². The van der Waals surface area contributed by atoms with E-state index in [0.29, 0.717) is 24.7 Å². The smallest absolute Gasteiger partial charge is 0.242 e. The molecular weight excluding hydrogens is 354 g/mol. The lowest BCUT2D eigenvalue weighted by atomic mass is 9.84. The molecule has 0 saturated heterocycles. The van der Waals surface area contributed by atoms with Gasteiger partial charge in [0.05, 0.1) is 6.04 Å². The molecule has 28 heavy (non-hydrogen) atoms. The molecule has 1 aliphatic rings. The Bertz CT molecular complexity index is 628. The number of anilines is 1. The lowest BCUT2D eigenvalue weighted by Crippen LogP contribution is -2.52. The molecular formula is C21H35N5O2. The average Bonchev–Trinajstić information content (AvgIpc) is 2.72. The topological polar surface area (TPSA) is 100 Å². The third kappa shape index (κ3) is 6.78. The van der Waals surface area contributed by atoms with Crippen LogP contribution in [0.3, 0.4) is 0 Å². The van der Waals surface area contributed by atoms with Crippen molar-refractivity contribution in [2.24, 2.45) is 5.92 Å². The van der Waals surface area contributed by atoms with Crippen molar-refractivity contribution < 1.29 is 9.59 Å². The molecule has 1 aromatic rings. The summed E-state index contributed by atoms with van der Waals surface area (Å²) < 4.78 is 0. The normalized spacial score (nSPS) is 17.1. The molecule has 0 aliphatic heterocycles. The molecule has 2 rings (SSSR count). The summed E-state index contributed by atoms with van der Waals surface area (Å²) in [6, 6.07) is 2.78. The van der Waals surface area contributed by atoms with Gasteiger partial charge in [-0.3, -0.25) is 14.5 Å². The SMILES string of the molecule is CCN(C)C(C)C(=O)N[C@@H](CC1CCCCC1)C(=O)NCc1ccc(N)nc1. The Balaban J connectivity index is 1.99. The van der Waals surface area contributed by atoms with E-state index in [9.17, 15) is 9.59 Å². The first-order valence-corrected chi connectivity index (χ1v) is 10.4. The van der Waals surface area contributed by atoms with Crippen LogP contribution in [-0.4, -0.2) is 47.4 Å². The molecule has 1 aliphatic carbocycles. The van der Waals surface area contributed by atoms with Gasteiger partial charge in [-0.05, 0) is 44.5 Å². The van der Waals surface area contributed by atoms with Gasteiger partial charge in [-0.1, -0.05) is 45.1 Å². The molecule has 1 unspecified atom stereocenters. The fraction of sp³-hybridized carbons (Fsp3) is 0.667. The van der Waals surface area contributed by atoms with E-state index in [4.69, 9.17) is 5.73 Å². The molecule has 156 valence electrons. The van der Waals surface area contributed by atoms with Crippen LogP contribution in [0.5, 0.6) is 0 Å². The van der Waals surface area contributed by atoms with Gasteiger partial charge >= 0.3 is 0 Å². The Morgan fingerprint density at radius 1 is 1.25 bits per heavy atom. The highest BCUT2D eigenvalue weighted by atomic mass is 16.2. The quantitative estimate of drug-likeness (QED) is 0.600. The van der Waals surface area contributed by atoms with Crippen LogP contribution in [-0.2, 0) is 16.1 Å². The minimum Gasteiger partial charge on any atom is -0.384 e. The molecule has 0 bridgehead atoms. The fourth-order valence-corrected chi connectivity index (χ4v) is 3.61. The van der Waals surface area contributed by atoms with E-state index in [1.54, 1.807) is 12.3 Å². The molecule has 7 nitrogen and oxygen atoms in total. The zero-order valence-electron chi connectivity index (χ0n) is 17.4. The minimum atomic E-state index is -0.509. The number of aromatic nitrogens is 1. The predicted molar refractivity (Wildman–Crippen MR) is 111 cm³/mol. The van der Waals surface area contributed by atoms with Crippen LogP contribution in [0.1, 0.15) is 57.9 Å². The van der Waals surface area contributed by atoms with Crippen molar-refractivity contribution in [2.75, 3.05) is 19.3 Å². The zero-order chi connectivity index (χ0) is 20.5. The minimum absolute atomic E-state index is 0.102. The van der Waals surface area contributed by atoms with Crippen molar-refractivity contribution in [3.8, 4) is 0 Å². The number of nitrogens with two attached hydrogens (primary N) is 1. The van der Waals surface area contributed by atoms with Gasteiger partial charge in [0.15, 0.2) is 0 Å². The van der Waals surface area contributed by atoms with Crippen molar-refractivity contribution in [3.05, 3.63) is 23.9 Å². The molecule has 0 radical (unpaired) electrons.